The van der Waals surface area contributed by atoms with Crippen LogP contribution in [-0.4, -0.2) is 25.8 Å². The van der Waals surface area contributed by atoms with Crippen LogP contribution in [0.5, 0.6) is 0 Å². The first-order valence-electron chi connectivity index (χ1n) is 7.78. The summed E-state index contributed by atoms with van der Waals surface area (Å²) in [5.74, 6) is 1.68. The minimum Gasteiger partial charge on any atom is -0.381 e. The molecule has 2 saturated carbocycles. The van der Waals surface area contributed by atoms with Gasteiger partial charge in [-0.2, -0.15) is 0 Å². The Morgan fingerprint density at radius 1 is 1.11 bits per heavy atom. The predicted octanol–water partition coefficient (Wildman–Crippen LogP) is 3.34. The van der Waals surface area contributed by atoms with Crippen molar-refractivity contribution in [1.82, 2.24) is 5.32 Å². The lowest BCUT2D eigenvalue weighted by Crippen LogP contribution is -2.40. The Morgan fingerprint density at radius 2 is 1.89 bits per heavy atom. The molecule has 104 valence electrons. The average Bonchev–Trinajstić information content (AvgIpc) is 3.20. The molecule has 0 unspecified atom stereocenters. The number of benzene rings is 1. The van der Waals surface area contributed by atoms with Gasteiger partial charge in [-0.3, -0.25) is 0 Å². The summed E-state index contributed by atoms with van der Waals surface area (Å²) in [7, 11) is 0. The SMILES string of the molecule is c1ccc(C2CC(NCCCOCC3CC3)C2)cc1. The molecular formula is C17H25NO. The van der Waals surface area contributed by atoms with E-state index >= 15 is 0 Å². The van der Waals surface area contributed by atoms with Crippen LogP contribution in [0, 0.1) is 5.92 Å². The Morgan fingerprint density at radius 3 is 2.63 bits per heavy atom. The molecular weight excluding hydrogens is 234 g/mol. The fourth-order valence-corrected chi connectivity index (χ4v) is 2.80. The Hall–Kier alpha value is -0.860. The molecule has 2 nitrogen and oxygen atoms in total. The van der Waals surface area contributed by atoms with Crippen LogP contribution in [-0.2, 0) is 4.74 Å². The molecule has 0 spiro atoms. The standard InChI is InChI=1S/C17H25NO/c1-2-5-15(6-3-1)16-11-17(12-16)18-9-4-10-19-13-14-7-8-14/h1-3,5-6,14,16-18H,4,7-13H2. The fraction of sp³-hybridized carbons (Fsp3) is 0.647. The third-order valence-corrected chi connectivity index (χ3v) is 4.36. The first kappa shape index (κ1) is 13.1. The normalized spacial score (nSPS) is 26.1. The number of hydrogen-bond donors (Lipinski definition) is 1. The first-order valence-corrected chi connectivity index (χ1v) is 7.78. The molecule has 1 N–H and O–H groups in total. The molecule has 1 aromatic rings. The van der Waals surface area contributed by atoms with Gasteiger partial charge >= 0.3 is 0 Å². The quantitative estimate of drug-likeness (QED) is 0.723. The van der Waals surface area contributed by atoms with E-state index in [1.807, 2.05) is 0 Å². The van der Waals surface area contributed by atoms with Gasteiger partial charge < -0.3 is 10.1 Å². The first-order chi connectivity index (χ1) is 9.42. The van der Waals surface area contributed by atoms with Crippen LogP contribution in [0.3, 0.4) is 0 Å². The molecule has 0 saturated heterocycles. The van der Waals surface area contributed by atoms with Gasteiger partial charge in [0, 0.05) is 19.3 Å². The van der Waals surface area contributed by atoms with Crippen LogP contribution in [0.15, 0.2) is 30.3 Å². The van der Waals surface area contributed by atoms with E-state index in [4.69, 9.17) is 4.74 Å². The Balaban J connectivity index is 1.21. The van der Waals surface area contributed by atoms with Gasteiger partial charge in [-0.05, 0) is 56.0 Å². The molecule has 3 rings (SSSR count). The maximum absolute atomic E-state index is 5.64. The zero-order chi connectivity index (χ0) is 12.9. The predicted molar refractivity (Wildman–Crippen MR) is 78.4 cm³/mol. The van der Waals surface area contributed by atoms with Crippen molar-refractivity contribution in [2.75, 3.05) is 19.8 Å². The largest absolute Gasteiger partial charge is 0.381 e. The van der Waals surface area contributed by atoms with E-state index in [0.29, 0.717) is 0 Å². The molecule has 2 fully saturated rings. The molecule has 0 atom stereocenters. The van der Waals surface area contributed by atoms with Gasteiger partial charge in [0.05, 0.1) is 0 Å². The van der Waals surface area contributed by atoms with Crippen molar-refractivity contribution in [3.63, 3.8) is 0 Å². The molecule has 0 bridgehead atoms. The van der Waals surface area contributed by atoms with Gasteiger partial charge in [0.1, 0.15) is 0 Å². The summed E-state index contributed by atoms with van der Waals surface area (Å²) in [4.78, 5) is 0. The highest BCUT2D eigenvalue weighted by Crippen LogP contribution is 2.36. The summed E-state index contributed by atoms with van der Waals surface area (Å²) in [5.41, 5.74) is 1.51. The van der Waals surface area contributed by atoms with Crippen LogP contribution in [0.4, 0.5) is 0 Å². The van der Waals surface area contributed by atoms with Gasteiger partial charge in [-0.15, -0.1) is 0 Å². The molecule has 2 aliphatic carbocycles. The molecule has 0 radical (unpaired) electrons. The summed E-state index contributed by atoms with van der Waals surface area (Å²) >= 11 is 0. The fourth-order valence-electron chi connectivity index (χ4n) is 2.80. The van der Waals surface area contributed by atoms with Gasteiger partial charge in [-0.25, -0.2) is 0 Å². The van der Waals surface area contributed by atoms with Crippen molar-refractivity contribution >= 4 is 0 Å². The summed E-state index contributed by atoms with van der Waals surface area (Å²) in [6.07, 6.45) is 6.53. The smallest absolute Gasteiger partial charge is 0.0494 e. The lowest BCUT2D eigenvalue weighted by Gasteiger charge is -2.36. The van der Waals surface area contributed by atoms with Gasteiger partial charge in [0.25, 0.3) is 0 Å². The average molecular weight is 259 g/mol. The number of rotatable bonds is 8. The molecule has 0 aromatic heterocycles. The number of hydrogen-bond acceptors (Lipinski definition) is 2. The van der Waals surface area contributed by atoms with Gasteiger partial charge in [-0.1, -0.05) is 30.3 Å². The van der Waals surface area contributed by atoms with Crippen molar-refractivity contribution < 1.29 is 4.74 Å². The topological polar surface area (TPSA) is 21.3 Å². The highest BCUT2D eigenvalue weighted by atomic mass is 16.5. The van der Waals surface area contributed by atoms with Crippen molar-refractivity contribution in [3.05, 3.63) is 35.9 Å². The zero-order valence-corrected chi connectivity index (χ0v) is 11.7. The van der Waals surface area contributed by atoms with E-state index in [2.05, 4.69) is 35.6 Å². The molecule has 0 aliphatic heterocycles. The van der Waals surface area contributed by atoms with E-state index in [1.54, 1.807) is 0 Å². The second-order valence-electron chi connectivity index (χ2n) is 6.10. The molecule has 1 aromatic carbocycles. The van der Waals surface area contributed by atoms with E-state index < -0.39 is 0 Å². The van der Waals surface area contributed by atoms with Gasteiger partial charge in [0.15, 0.2) is 0 Å². The Kier molecular flexibility index (Phi) is 4.52. The van der Waals surface area contributed by atoms with Crippen molar-refractivity contribution in [3.8, 4) is 0 Å². The van der Waals surface area contributed by atoms with Crippen molar-refractivity contribution in [1.29, 1.82) is 0 Å². The summed E-state index contributed by atoms with van der Waals surface area (Å²) in [5, 5.41) is 3.64. The maximum atomic E-state index is 5.64. The van der Waals surface area contributed by atoms with Crippen LogP contribution in [0.25, 0.3) is 0 Å². The highest BCUT2D eigenvalue weighted by molar-refractivity contribution is 5.22. The van der Waals surface area contributed by atoms with E-state index in [0.717, 1.165) is 44.1 Å². The molecule has 2 heteroatoms. The molecule has 19 heavy (non-hydrogen) atoms. The van der Waals surface area contributed by atoms with E-state index in [-0.39, 0.29) is 0 Å². The van der Waals surface area contributed by atoms with Crippen LogP contribution in [0.2, 0.25) is 0 Å². The lowest BCUT2D eigenvalue weighted by molar-refractivity contribution is 0.120. The highest BCUT2D eigenvalue weighted by Gasteiger charge is 2.29. The number of nitrogens with one attached hydrogen (secondary N) is 1. The maximum Gasteiger partial charge on any atom is 0.0494 e. The van der Waals surface area contributed by atoms with Crippen molar-refractivity contribution in [2.24, 2.45) is 5.92 Å². The van der Waals surface area contributed by atoms with Crippen LogP contribution in [0.1, 0.15) is 43.6 Å². The minimum absolute atomic E-state index is 0.730. The second kappa shape index (κ2) is 6.53. The van der Waals surface area contributed by atoms with Crippen LogP contribution >= 0.6 is 0 Å². The van der Waals surface area contributed by atoms with E-state index in [1.165, 1.54) is 31.2 Å². The molecule has 0 heterocycles. The summed E-state index contributed by atoms with van der Waals surface area (Å²) in [6, 6.07) is 11.6. The second-order valence-corrected chi connectivity index (χ2v) is 6.10. The monoisotopic (exact) mass is 259 g/mol. The van der Waals surface area contributed by atoms with Crippen molar-refractivity contribution in [2.45, 2.75) is 44.1 Å². The van der Waals surface area contributed by atoms with E-state index in [9.17, 15) is 0 Å². The third kappa shape index (κ3) is 4.05. The Labute approximate surface area is 116 Å². The zero-order valence-electron chi connectivity index (χ0n) is 11.7. The minimum atomic E-state index is 0.730. The van der Waals surface area contributed by atoms with Crippen LogP contribution < -0.4 is 5.32 Å². The summed E-state index contributed by atoms with van der Waals surface area (Å²) in [6.45, 7) is 3.04. The number of ether oxygens (including phenoxy) is 1. The third-order valence-electron chi connectivity index (χ3n) is 4.36. The summed E-state index contributed by atoms with van der Waals surface area (Å²) < 4.78 is 5.64. The van der Waals surface area contributed by atoms with Gasteiger partial charge in [0.2, 0.25) is 0 Å². The lowest BCUT2D eigenvalue weighted by atomic mass is 9.76. The molecule has 0 amide bonds. The Bertz CT molecular complexity index is 368. The molecule has 2 aliphatic rings.